The first-order chi connectivity index (χ1) is 7.43. The summed E-state index contributed by atoms with van der Waals surface area (Å²) in [5.41, 5.74) is 0. The van der Waals surface area contributed by atoms with Crippen LogP contribution in [0.25, 0.3) is 0 Å². The molecule has 0 fully saturated rings. The van der Waals surface area contributed by atoms with Gasteiger partial charge in [0.25, 0.3) is 0 Å². The van der Waals surface area contributed by atoms with Gasteiger partial charge in [0.2, 0.25) is 0 Å². The van der Waals surface area contributed by atoms with Gasteiger partial charge in [-0.2, -0.15) is 5.26 Å². The van der Waals surface area contributed by atoms with E-state index >= 15 is 0 Å². The summed E-state index contributed by atoms with van der Waals surface area (Å²) < 4.78 is 0.0887. The standard InChI is InChI=1S/C9H13NO2S4/c1-3-14-8(13)15-16-9(2,6-10)5-4-7(11)12/h3-5H2,1-2H3,(H,11,12). The zero-order valence-corrected chi connectivity index (χ0v) is 12.3. The van der Waals surface area contributed by atoms with Crippen molar-refractivity contribution < 1.29 is 9.90 Å². The zero-order chi connectivity index (χ0) is 12.6. The zero-order valence-electron chi connectivity index (χ0n) is 9.06. The third-order valence-corrected chi connectivity index (χ3v) is 6.71. The number of hydrogen-bond acceptors (Lipinski definition) is 6. The number of nitrogens with zero attached hydrogens (tertiary/aromatic N) is 1. The van der Waals surface area contributed by atoms with Crippen LogP contribution in [0.3, 0.4) is 0 Å². The summed E-state index contributed by atoms with van der Waals surface area (Å²) in [4.78, 5) is 10.4. The minimum Gasteiger partial charge on any atom is -0.481 e. The van der Waals surface area contributed by atoms with Crippen LogP contribution in [0.2, 0.25) is 0 Å². The predicted octanol–water partition coefficient (Wildman–Crippen LogP) is 3.55. The summed E-state index contributed by atoms with van der Waals surface area (Å²) in [6.07, 6.45) is 0.335. The van der Waals surface area contributed by atoms with E-state index in [4.69, 9.17) is 22.6 Å². The number of carbonyl (C=O) groups is 1. The molecule has 1 N–H and O–H groups in total. The minimum atomic E-state index is -0.877. The summed E-state index contributed by atoms with van der Waals surface area (Å²) in [6.45, 7) is 3.75. The second-order valence-electron chi connectivity index (χ2n) is 3.09. The molecule has 90 valence electrons. The molecule has 0 amide bonds. The van der Waals surface area contributed by atoms with E-state index in [1.165, 1.54) is 21.6 Å². The molecule has 0 saturated heterocycles. The van der Waals surface area contributed by atoms with Crippen LogP contribution in [0.4, 0.5) is 0 Å². The van der Waals surface area contributed by atoms with E-state index in [2.05, 4.69) is 6.07 Å². The van der Waals surface area contributed by atoms with Gasteiger partial charge in [-0.25, -0.2) is 0 Å². The molecular formula is C9H13NO2S4. The van der Waals surface area contributed by atoms with Crippen molar-refractivity contribution in [3.8, 4) is 6.07 Å². The summed E-state index contributed by atoms with van der Waals surface area (Å²) in [5, 5.41) is 17.6. The van der Waals surface area contributed by atoms with Gasteiger partial charge in [0.05, 0.1) is 6.07 Å². The second-order valence-corrected chi connectivity index (χ2v) is 8.19. The topological polar surface area (TPSA) is 61.1 Å². The number of rotatable bonds is 6. The Morgan fingerprint density at radius 3 is 2.69 bits per heavy atom. The number of aliphatic carboxylic acids is 1. The fraction of sp³-hybridized carbons (Fsp3) is 0.667. The first kappa shape index (κ1) is 16.1. The maximum absolute atomic E-state index is 10.4. The van der Waals surface area contributed by atoms with Gasteiger partial charge < -0.3 is 5.11 Å². The molecule has 0 aliphatic heterocycles. The van der Waals surface area contributed by atoms with Crippen molar-refractivity contribution in [3.63, 3.8) is 0 Å². The van der Waals surface area contributed by atoms with Crippen LogP contribution in [0.1, 0.15) is 26.7 Å². The molecule has 0 radical (unpaired) electrons. The number of carboxylic acid groups (broad SMARTS) is 1. The average Bonchev–Trinajstić information content (AvgIpc) is 2.24. The Morgan fingerprint density at radius 1 is 1.62 bits per heavy atom. The molecule has 0 heterocycles. The molecule has 0 aliphatic carbocycles. The van der Waals surface area contributed by atoms with Crippen LogP contribution in [0.5, 0.6) is 0 Å². The monoisotopic (exact) mass is 295 g/mol. The first-order valence-electron chi connectivity index (χ1n) is 4.59. The fourth-order valence-electron chi connectivity index (χ4n) is 0.730. The van der Waals surface area contributed by atoms with Crippen molar-refractivity contribution in [2.24, 2.45) is 0 Å². The molecule has 0 aromatic rings. The van der Waals surface area contributed by atoms with Gasteiger partial charge in [0.15, 0.2) is 0 Å². The van der Waals surface area contributed by atoms with Crippen molar-refractivity contribution in [2.75, 3.05) is 5.75 Å². The lowest BCUT2D eigenvalue weighted by molar-refractivity contribution is -0.137. The van der Waals surface area contributed by atoms with Gasteiger partial charge >= 0.3 is 5.97 Å². The van der Waals surface area contributed by atoms with Crippen LogP contribution in [0, 0.1) is 11.3 Å². The van der Waals surface area contributed by atoms with E-state index in [1.54, 1.807) is 18.7 Å². The Balaban J connectivity index is 4.12. The molecule has 0 spiro atoms. The molecule has 0 rings (SSSR count). The van der Waals surface area contributed by atoms with Crippen LogP contribution in [0.15, 0.2) is 0 Å². The normalized spacial score (nSPS) is 13.8. The third-order valence-electron chi connectivity index (χ3n) is 1.61. The van der Waals surface area contributed by atoms with Gasteiger partial charge in [0.1, 0.15) is 8.28 Å². The smallest absolute Gasteiger partial charge is 0.303 e. The minimum absolute atomic E-state index is 0.00526. The SMILES string of the molecule is CCSC(=S)SSC(C)(C#N)CCC(=O)O. The fourth-order valence-corrected chi connectivity index (χ4v) is 4.50. The van der Waals surface area contributed by atoms with Crippen LogP contribution < -0.4 is 0 Å². The lowest BCUT2D eigenvalue weighted by Gasteiger charge is -2.18. The van der Waals surface area contributed by atoms with Gasteiger partial charge in [-0.3, -0.25) is 4.79 Å². The lowest BCUT2D eigenvalue weighted by Crippen LogP contribution is -2.17. The highest BCUT2D eigenvalue weighted by molar-refractivity contribution is 8.88. The van der Waals surface area contributed by atoms with Crippen molar-refractivity contribution in [2.45, 2.75) is 31.4 Å². The largest absolute Gasteiger partial charge is 0.481 e. The van der Waals surface area contributed by atoms with E-state index in [0.29, 0.717) is 6.42 Å². The number of carboxylic acids is 1. The first-order valence-corrected chi connectivity index (χ1v) is 8.13. The molecule has 16 heavy (non-hydrogen) atoms. The average molecular weight is 295 g/mol. The number of hydrogen-bond donors (Lipinski definition) is 1. The molecule has 0 bridgehead atoms. The highest BCUT2D eigenvalue weighted by atomic mass is 33.1. The summed E-state index contributed by atoms with van der Waals surface area (Å²) in [7, 11) is 2.72. The summed E-state index contributed by atoms with van der Waals surface area (Å²) in [5.74, 6) is 0.0303. The predicted molar refractivity (Wildman–Crippen MR) is 76.8 cm³/mol. The molecule has 1 atom stereocenters. The van der Waals surface area contributed by atoms with E-state index < -0.39 is 10.7 Å². The molecule has 0 aromatic heterocycles. The Hall–Kier alpha value is 0.1000. The molecule has 0 aromatic carbocycles. The molecular weight excluding hydrogens is 282 g/mol. The molecule has 7 heteroatoms. The Labute approximate surface area is 113 Å². The van der Waals surface area contributed by atoms with Crippen LogP contribution >= 0.6 is 45.6 Å². The number of thiocarbonyl (C=S) groups is 1. The van der Waals surface area contributed by atoms with Crippen molar-refractivity contribution in [3.05, 3.63) is 0 Å². The maximum atomic E-state index is 10.4. The van der Waals surface area contributed by atoms with Gasteiger partial charge in [0, 0.05) is 6.42 Å². The van der Waals surface area contributed by atoms with Crippen LogP contribution in [-0.2, 0) is 4.79 Å². The van der Waals surface area contributed by atoms with Crippen molar-refractivity contribution >= 4 is 55.1 Å². The van der Waals surface area contributed by atoms with Gasteiger partial charge in [-0.1, -0.05) is 29.9 Å². The second kappa shape index (κ2) is 8.23. The molecule has 1 unspecified atom stereocenters. The lowest BCUT2D eigenvalue weighted by atomic mass is 10.1. The summed E-state index contributed by atoms with van der Waals surface area (Å²) in [6, 6.07) is 2.14. The number of thioether (sulfide) groups is 1. The Kier molecular flexibility index (Phi) is 8.28. The molecule has 0 aliphatic rings. The molecule has 3 nitrogen and oxygen atoms in total. The van der Waals surface area contributed by atoms with Crippen molar-refractivity contribution in [1.82, 2.24) is 0 Å². The third kappa shape index (κ3) is 7.39. The van der Waals surface area contributed by atoms with E-state index in [1.807, 2.05) is 6.92 Å². The Morgan fingerprint density at radius 2 is 2.25 bits per heavy atom. The Bertz CT molecular complexity index is 302. The highest BCUT2D eigenvalue weighted by Crippen LogP contribution is 2.41. The maximum Gasteiger partial charge on any atom is 0.303 e. The van der Waals surface area contributed by atoms with Gasteiger partial charge in [-0.15, -0.1) is 11.8 Å². The molecule has 0 saturated carbocycles. The van der Waals surface area contributed by atoms with E-state index in [-0.39, 0.29) is 6.42 Å². The number of nitriles is 1. The van der Waals surface area contributed by atoms with E-state index in [9.17, 15) is 4.79 Å². The van der Waals surface area contributed by atoms with Gasteiger partial charge in [-0.05, 0) is 29.9 Å². The van der Waals surface area contributed by atoms with Crippen molar-refractivity contribution in [1.29, 1.82) is 5.26 Å². The van der Waals surface area contributed by atoms with Crippen LogP contribution in [-0.4, -0.2) is 25.1 Å². The quantitative estimate of drug-likeness (QED) is 0.594. The highest BCUT2D eigenvalue weighted by Gasteiger charge is 2.26. The van der Waals surface area contributed by atoms with E-state index in [0.717, 1.165) is 9.28 Å². The summed E-state index contributed by atoms with van der Waals surface area (Å²) >= 11 is 6.64.